The first-order chi connectivity index (χ1) is 9.78. The predicted octanol–water partition coefficient (Wildman–Crippen LogP) is 3.57. The van der Waals surface area contributed by atoms with Gasteiger partial charge in [-0.05, 0) is 29.7 Å². The van der Waals surface area contributed by atoms with Gasteiger partial charge in [0, 0.05) is 29.0 Å². The SMILES string of the molecule is COc1cccc(Nc2nccc3cccc(N)c23)c1. The molecule has 1 aromatic heterocycles. The van der Waals surface area contributed by atoms with Gasteiger partial charge in [0.05, 0.1) is 7.11 Å². The van der Waals surface area contributed by atoms with E-state index in [0.717, 1.165) is 28.0 Å². The average molecular weight is 265 g/mol. The predicted molar refractivity (Wildman–Crippen MR) is 82.4 cm³/mol. The number of hydrogen-bond donors (Lipinski definition) is 2. The van der Waals surface area contributed by atoms with Gasteiger partial charge in [0.15, 0.2) is 0 Å². The summed E-state index contributed by atoms with van der Waals surface area (Å²) in [6.07, 6.45) is 1.77. The first-order valence-corrected chi connectivity index (χ1v) is 6.32. The van der Waals surface area contributed by atoms with Crippen molar-refractivity contribution < 1.29 is 4.74 Å². The summed E-state index contributed by atoms with van der Waals surface area (Å²) in [7, 11) is 1.65. The van der Waals surface area contributed by atoms with Crippen LogP contribution in [0.3, 0.4) is 0 Å². The minimum absolute atomic E-state index is 0.709. The molecule has 0 atom stereocenters. The Labute approximate surface area is 117 Å². The van der Waals surface area contributed by atoms with Crippen LogP contribution in [0.15, 0.2) is 54.7 Å². The highest BCUT2D eigenvalue weighted by Crippen LogP contribution is 2.29. The fourth-order valence-corrected chi connectivity index (χ4v) is 2.19. The summed E-state index contributed by atoms with van der Waals surface area (Å²) in [6, 6.07) is 15.5. The maximum Gasteiger partial charge on any atom is 0.140 e. The molecule has 4 heteroatoms. The van der Waals surface area contributed by atoms with Crippen molar-refractivity contribution in [2.75, 3.05) is 18.2 Å². The van der Waals surface area contributed by atoms with E-state index in [1.807, 2.05) is 48.5 Å². The van der Waals surface area contributed by atoms with E-state index in [9.17, 15) is 0 Å². The Bertz CT molecular complexity index is 750. The molecule has 100 valence electrons. The average Bonchev–Trinajstić information content (AvgIpc) is 2.48. The van der Waals surface area contributed by atoms with Crippen molar-refractivity contribution in [3.05, 3.63) is 54.7 Å². The van der Waals surface area contributed by atoms with Crippen LogP contribution in [0, 0.1) is 0 Å². The molecule has 3 aromatic rings. The van der Waals surface area contributed by atoms with Gasteiger partial charge < -0.3 is 15.8 Å². The van der Waals surface area contributed by atoms with E-state index >= 15 is 0 Å². The molecule has 0 unspecified atom stereocenters. The minimum atomic E-state index is 0.709. The number of rotatable bonds is 3. The van der Waals surface area contributed by atoms with Crippen molar-refractivity contribution in [1.29, 1.82) is 0 Å². The third-order valence-electron chi connectivity index (χ3n) is 3.16. The molecular formula is C16H15N3O. The summed E-state index contributed by atoms with van der Waals surface area (Å²) in [6.45, 7) is 0. The molecule has 0 spiro atoms. The number of benzene rings is 2. The van der Waals surface area contributed by atoms with Gasteiger partial charge in [-0.25, -0.2) is 4.98 Å². The number of methoxy groups -OCH3 is 1. The lowest BCUT2D eigenvalue weighted by Crippen LogP contribution is -1.97. The quantitative estimate of drug-likeness (QED) is 0.711. The van der Waals surface area contributed by atoms with Gasteiger partial charge in [0.2, 0.25) is 0 Å². The lowest BCUT2D eigenvalue weighted by molar-refractivity contribution is 0.415. The number of pyridine rings is 1. The van der Waals surface area contributed by atoms with Crippen LogP contribution in [0.25, 0.3) is 10.8 Å². The van der Waals surface area contributed by atoms with Crippen molar-refractivity contribution in [3.8, 4) is 5.75 Å². The first kappa shape index (κ1) is 12.3. The summed E-state index contributed by atoms with van der Waals surface area (Å²) in [5.41, 5.74) is 7.68. The van der Waals surface area contributed by atoms with Gasteiger partial charge in [-0.2, -0.15) is 0 Å². The molecule has 4 nitrogen and oxygen atoms in total. The summed E-state index contributed by atoms with van der Waals surface area (Å²) in [4.78, 5) is 4.39. The second-order valence-corrected chi connectivity index (χ2v) is 4.46. The number of fused-ring (bicyclic) bond motifs is 1. The highest BCUT2D eigenvalue weighted by molar-refractivity contribution is 6.01. The van der Waals surface area contributed by atoms with Gasteiger partial charge in [0.25, 0.3) is 0 Å². The molecule has 0 aliphatic heterocycles. The maximum absolute atomic E-state index is 6.06. The molecule has 1 heterocycles. The van der Waals surface area contributed by atoms with Crippen LogP contribution in [-0.4, -0.2) is 12.1 Å². The van der Waals surface area contributed by atoms with E-state index in [4.69, 9.17) is 10.5 Å². The lowest BCUT2D eigenvalue weighted by atomic mass is 10.1. The van der Waals surface area contributed by atoms with Gasteiger partial charge in [0.1, 0.15) is 11.6 Å². The summed E-state index contributed by atoms with van der Waals surface area (Å²) in [5, 5.41) is 5.28. The van der Waals surface area contributed by atoms with Crippen LogP contribution < -0.4 is 15.8 Å². The number of anilines is 3. The van der Waals surface area contributed by atoms with Crippen molar-refractivity contribution in [2.24, 2.45) is 0 Å². The zero-order valence-corrected chi connectivity index (χ0v) is 11.1. The molecular weight excluding hydrogens is 250 g/mol. The largest absolute Gasteiger partial charge is 0.497 e. The molecule has 2 aromatic carbocycles. The minimum Gasteiger partial charge on any atom is -0.497 e. The Morgan fingerprint density at radius 3 is 2.80 bits per heavy atom. The highest BCUT2D eigenvalue weighted by atomic mass is 16.5. The van der Waals surface area contributed by atoms with E-state index in [2.05, 4.69) is 10.3 Å². The van der Waals surface area contributed by atoms with E-state index in [0.29, 0.717) is 5.69 Å². The highest BCUT2D eigenvalue weighted by Gasteiger charge is 2.06. The van der Waals surface area contributed by atoms with E-state index < -0.39 is 0 Å². The first-order valence-electron chi connectivity index (χ1n) is 6.32. The van der Waals surface area contributed by atoms with Crippen LogP contribution in [0.5, 0.6) is 5.75 Å². The topological polar surface area (TPSA) is 60.2 Å². The van der Waals surface area contributed by atoms with Crippen LogP contribution >= 0.6 is 0 Å². The second kappa shape index (κ2) is 5.09. The van der Waals surface area contributed by atoms with Crippen molar-refractivity contribution >= 4 is 28.0 Å². The summed E-state index contributed by atoms with van der Waals surface area (Å²) in [5.74, 6) is 1.54. The van der Waals surface area contributed by atoms with Gasteiger partial charge in [-0.15, -0.1) is 0 Å². The number of nitrogens with one attached hydrogen (secondary N) is 1. The molecule has 3 N–H and O–H groups in total. The zero-order chi connectivity index (χ0) is 13.9. The number of nitrogens with two attached hydrogens (primary N) is 1. The standard InChI is InChI=1S/C16H15N3O/c1-20-13-6-3-5-12(10-13)19-16-15-11(8-9-18-16)4-2-7-14(15)17/h2-10H,17H2,1H3,(H,18,19). The summed E-state index contributed by atoms with van der Waals surface area (Å²) >= 11 is 0. The molecule has 0 amide bonds. The second-order valence-electron chi connectivity index (χ2n) is 4.46. The van der Waals surface area contributed by atoms with Gasteiger partial charge in [-0.3, -0.25) is 0 Å². The maximum atomic E-state index is 6.06. The number of hydrogen-bond acceptors (Lipinski definition) is 4. The van der Waals surface area contributed by atoms with E-state index in [1.165, 1.54) is 0 Å². The van der Waals surface area contributed by atoms with Crippen molar-refractivity contribution in [3.63, 3.8) is 0 Å². The molecule has 20 heavy (non-hydrogen) atoms. The fourth-order valence-electron chi connectivity index (χ4n) is 2.19. The van der Waals surface area contributed by atoms with Crippen LogP contribution in [0.2, 0.25) is 0 Å². The molecule has 0 saturated heterocycles. The van der Waals surface area contributed by atoms with E-state index in [-0.39, 0.29) is 0 Å². The van der Waals surface area contributed by atoms with Crippen LogP contribution in [0.4, 0.5) is 17.2 Å². The number of nitrogen functional groups attached to an aromatic ring is 1. The third kappa shape index (κ3) is 2.23. The summed E-state index contributed by atoms with van der Waals surface area (Å²) < 4.78 is 5.22. The van der Waals surface area contributed by atoms with E-state index in [1.54, 1.807) is 13.3 Å². The lowest BCUT2D eigenvalue weighted by Gasteiger charge is -2.11. The zero-order valence-electron chi connectivity index (χ0n) is 11.1. The van der Waals surface area contributed by atoms with Gasteiger partial charge >= 0.3 is 0 Å². The molecule has 0 bridgehead atoms. The number of ether oxygens (including phenoxy) is 1. The van der Waals surface area contributed by atoms with Crippen molar-refractivity contribution in [2.45, 2.75) is 0 Å². The molecule has 0 aliphatic rings. The monoisotopic (exact) mass is 265 g/mol. The Balaban J connectivity index is 2.06. The fraction of sp³-hybridized carbons (Fsp3) is 0.0625. The number of aromatic nitrogens is 1. The van der Waals surface area contributed by atoms with Gasteiger partial charge in [-0.1, -0.05) is 18.2 Å². The normalized spacial score (nSPS) is 10.4. The van der Waals surface area contributed by atoms with Crippen LogP contribution in [-0.2, 0) is 0 Å². The molecule has 3 rings (SSSR count). The Kier molecular flexibility index (Phi) is 3.13. The van der Waals surface area contributed by atoms with Crippen molar-refractivity contribution in [1.82, 2.24) is 4.98 Å². The Hall–Kier alpha value is -2.75. The van der Waals surface area contributed by atoms with Crippen LogP contribution in [0.1, 0.15) is 0 Å². The Morgan fingerprint density at radius 1 is 1.10 bits per heavy atom. The number of nitrogens with zero attached hydrogens (tertiary/aromatic N) is 1. The molecule has 0 saturated carbocycles. The Morgan fingerprint density at radius 2 is 1.95 bits per heavy atom. The third-order valence-corrected chi connectivity index (χ3v) is 3.16. The molecule has 0 radical (unpaired) electrons. The molecule has 0 aliphatic carbocycles. The molecule has 0 fully saturated rings. The smallest absolute Gasteiger partial charge is 0.140 e.